The van der Waals surface area contributed by atoms with Gasteiger partial charge in [0.2, 0.25) is 6.79 Å². The minimum absolute atomic E-state index is 0.194. The lowest BCUT2D eigenvalue weighted by molar-refractivity contribution is -0.117. The number of benzene rings is 2. The lowest BCUT2D eigenvalue weighted by Crippen LogP contribution is -2.17. The molecule has 0 N–H and O–H groups in total. The Morgan fingerprint density at radius 2 is 2.07 bits per heavy atom. The maximum absolute atomic E-state index is 12.6. The van der Waals surface area contributed by atoms with E-state index in [4.69, 9.17) is 14.2 Å². The van der Waals surface area contributed by atoms with Crippen molar-refractivity contribution in [3.05, 3.63) is 46.8 Å². The number of rotatable bonds is 5. The first kappa shape index (κ1) is 17.6. The van der Waals surface area contributed by atoms with Crippen LogP contribution in [-0.2, 0) is 17.8 Å². The number of nitrogens with zero attached hydrogens (tertiary/aromatic N) is 2. The fourth-order valence-corrected chi connectivity index (χ4v) is 4.25. The molecule has 0 unspecified atom stereocenters. The molecule has 1 aliphatic heterocycles. The molecule has 2 heterocycles. The molecule has 0 saturated carbocycles. The zero-order valence-electron chi connectivity index (χ0n) is 15.2. The smallest absolute Gasteiger partial charge is 0.252 e. The Balaban J connectivity index is 1.67. The molecule has 0 aliphatic carbocycles. The normalized spacial score (nSPS) is 13.3. The average Bonchev–Trinajstić information content (AvgIpc) is 3.25. The molecule has 0 spiro atoms. The molecular formula is C20H20N2O4S. The van der Waals surface area contributed by atoms with Crippen LogP contribution in [0.5, 0.6) is 17.2 Å². The number of fused-ring (bicyclic) bond motifs is 2. The second kappa shape index (κ2) is 7.44. The van der Waals surface area contributed by atoms with Crippen LogP contribution in [0.1, 0.15) is 19.4 Å². The summed E-state index contributed by atoms with van der Waals surface area (Å²) >= 11 is 1.50. The monoisotopic (exact) mass is 384 g/mol. The Labute approximate surface area is 160 Å². The maximum atomic E-state index is 12.6. The second-order valence-electron chi connectivity index (χ2n) is 6.03. The van der Waals surface area contributed by atoms with Crippen LogP contribution < -0.4 is 19.0 Å². The van der Waals surface area contributed by atoms with Gasteiger partial charge in [0.15, 0.2) is 16.3 Å². The van der Waals surface area contributed by atoms with Crippen molar-refractivity contribution in [2.75, 3.05) is 13.4 Å². The van der Waals surface area contributed by atoms with Gasteiger partial charge >= 0.3 is 0 Å². The van der Waals surface area contributed by atoms with Gasteiger partial charge in [0.05, 0.1) is 17.7 Å². The maximum Gasteiger partial charge on any atom is 0.252 e. The van der Waals surface area contributed by atoms with E-state index < -0.39 is 0 Å². The number of hydrogen-bond acceptors (Lipinski definition) is 5. The number of aromatic nitrogens is 1. The van der Waals surface area contributed by atoms with Gasteiger partial charge in [0.25, 0.3) is 5.91 Å². The van der Waals surface area contributed by atoms with Gasteiger partial charge in [-0.1, -0.05) is 23.5 Å². The van der Waals surface area contributed by atoms with E-state index in [1.807, 2.05) is 54.8 Å². The minimum Gasteiger partial charge on any atom is -0.492 e. The van der Waals surface area contributed by atoms with Gasteiger partial charge in [-0.15, -0.1) is 0 Å². The van der Waals surface area contributed by atoms with Crippen molar-refractivity contribution < 1.29 is 19.0 Å². The standard InChI is InChI=1S/C20H20N2O4S/c1-3-22-19-15(24-4-2)6-5-7-17(19)27-20(22)21-18(23)11-13-8-9-14-16(10-13)26-12-25-14/h5-10H,3-4,11-12H2,1-2H3. The van der Waals surface area contributed by atoms with Crippen molar-refractivity contribution in [3.8, 4) is 17.2 Å². The van der Waals surface area contributed by atoms with Gasteiger partial charge in [-0.05, 0) is 43.7 Å². The third-order valence-electron chi connectivity index (χ3n) is 4.29. The molecule has 7 heteroatoms. The van der Waals surface area contributed by atoms with Crippen LogP contribution in [-0.4, -0.2) is 23.9 Å². The molecule has 1 aliphatic rings. The molecule has 3 aromatic rings. The van der Waals surface area contributed by atoms with Gasteiger partial charge in [-0.3, -0.25) is 4.79 Å². The van der Waals surface area contributed by atoms with Crippen LogP contribution in [0.3, 0.4) is 0 Å². The first-order valence-corrected chi connectivity index (χ1v) is 9.72. The predicted octanol–water partition coefficient (Wildman–Crippen LogP) is 3.52. The van der Waals surface area contributed by atoms with Gasteiger partial charge in [-0.25, -0.2) is 0 Å². The third kappa shape index (κ3) is 3.42. The molecule has 1 amide bonds. The van der Waals surface area contributed by atoms with Crippen molar-refractivity contribution in [1.29, 1.82) is 0 Å². The predicted molar refractivity (Wildman–Crippen MR) is 103 cm³/mol. The summed E-state index contributed by atoms with van der Waals surface area (Å²) in [6.45, 7) is 5.52. The number of aryl methyl sites for hydroxylation is 1. The average molecular weight is 384 g/mol. The Hall–Kier alpha value is -2.80. The van der Waals surface area contributed by atoms with Crippen LogP contribution in [0.4, 0.5) is 0 Å². The highest BCUT2D eigenvalue weighted by Crippen LogP contribution is 2.32. The number of carbonyl (C=O) groups excluding carboxylic acids is 1. The van der Waals surface area contributed by atoms with Crippen molar-refractivity contribution in [1.82, 2.24) is 4.57 Å². The van der Waals surface area contributed by atoms with E-state index in [9.17, 15) is 4.79 Å². The molecule has 140 valence electrons. The molecular weight excluding hydrogens is 364 g/mol. The highest BCUT2D eigenvalue weighted by molar-refractivity contribution is 7.16. The first-order valence-electron chi connectivity index (χ1n) is 8.90. The second-order valence-corrected chi connectivity index (χ2v) is 7.04. The summed E-state index contributed by atoms with van der Waals surface area (Å²) in [5.41, 5.74) is 1.84. The Morgan fingerprint density at radius 1 is 1.22 bits per heavy atom. The molecule has 2 aromatic carbocycles. The summed E-state index contributed by atoms with van der Waals surface area (Å²) in [5.74, 6) is 2.01. The first-order chi connectivity index (χ1) is 13.2. The fourth-order valence-electron chi connectivity index (χ4n) is 3.12. The van der Waals surface area contributed by atoms with Crippen molar-refractivity contribution in [3.63, 3.8) is 0 Å². The van der Waals surface area contributed by atoms with E-state index in [1.165, 1.54) is 11.3 Å². The fraction of sp³-hybridized carbons (Fsp3) is 0.300. The third-order valence-corrected chi connectivity index (χ3v) is 5.34. The van der Waals surface area contributed by atoms with Gasteiger partial charge in [-0.2, -0.15) is 4.99 Å². The number of amides is 1. The van der Waals surface area contributed by atoms with E-state index in [2.05, 4.69) is 4.99 Å². The lowest BCUT2D eigenvalue weighted by Gasteiger charge is -2.07. The van der Waals surface area contributed by atoms with Crippen LogP contribution >= 0.6 is 11.3 Å². The van der Waals surface area contributed by atoms with Crippen LogP contribution in [0, 0.1) is 0 Å². The van der Waals surface area contributed by atoms with Crippen molar-refractivity contribution in [2.45, 2.75) is 26.8 Å². The van der Waals surface area contributed by atoms with E-state index in [0.717, 1.165) is 21.5 Å². The van der Waals surface area contributed by atoms with Gasteiger partial charge in [0, 0.05) is 6.54 Å². The molecule has 0 fully saturated rings. The lowest BCUT2D eigenvalue weighted by atomic mass is 10.1. The summed E-state index contributed by atoms with van der Waals surface area (Å²) in [7, 11) is 0. The van der Waals surface area contributed by atoms with Gasteiger partial charge in [0.1, 0.15) is 11.3 Å². The molecule has 6 nitrogen and oxygen atoms in total. The number of hydrogen-bond donors (Lipinski definition) is 0. The molecule has 1 aromatic heterocycles. The molecule has 0 atom stereocenters. The van der Waals surface area contributed by atoms with Gasteiger partial charge < -0.3 is 18.8 Å². The van der Waals surface area contributed by atoms with E-state index in [1.54, 1.807) is 0 Å². The summed E-state index contributed by atoms with van der Waals surface area (Å²) in [6.07, 6.45) is 0.215. The summed E-state index contributed by atoms with van der Waals surface area (Å²) in [6, 6.07) is 11.5. The Kier molecular flexibility index (Phi) is 4.85. The van der Waals surface area contributed by atoms with Crippen LogP contribution in [0.2, 0.25) is 0 Å². The molecule has 0 saturated heterocycles. The highest BCUT2D eigenvalue weighted by Gasteiger charge is 2.15. The van der Waals surface area contributed by atoms with Crippen LogP contribution in [0.15, 0.2) is 41.4 Å². The number of para-hydroxylation sites is 1. The SMILES string of the molecule is CCOc1cccc2sc(=NC(=O)Cc3ccc4c(c3)OCO4)n(CC)c12. The quantitative estimate of drug-likeness (QED) is 0.675. The minimum atomic E-state index is -0.194. The highest BCUT2D eigenvalue weighted by atomic mass is 32.1. The number of thiazole rings is 1. The van der Waals surface area contributed by atoms with Crippen molar-refractivity contribution >= 4 is 27.5 Å². The van der Waals surface area contributed by atoms with E-state index in [-0.39, 0.29) is 19.1 Å². The topological polar surface area (TPSA) is 62.1 Å². The van der Waals surface area contributed by atoms with Crippen LogP contribution in [0.25, 0.3) is 10.2 Å². The van der Waals surface area contributed by atoms with E-state index in [0.29, 0.717) is 29.5 Å². The Bertz CT molecular complexity index is 1070. The number of carbonyl (C=O) groups is 1. The zero-order chi connectivity index (χ0) is 18.8. The largest absolute Gasteiger partial charge is 0.492 e. The Morgan fingerprint density at radius 3 is 2.89 bits per heavy atom. The summed E-state index contributed by atoms with van der Waals surface area (Å²) < 4.78 is 19.5. The van der Waals surface area contributed by atoms with Crippen molar-refractivity contribution in [2.24, 2.45) is 4.99 Å². The molecule has 0 radical (unpaired) electrons. The summed E-state index contributed by atoms with van der Waals surface area (Å²) in [4.78, 5) is 17.6. The van der Waals surface area contributed by atoms with E-state index >= 15 is 0 Å². The molecule has 4 rings (SSSR count). The molecule has 27 heavy (non-hydrogen) atoms. The molecule has 0 bridgehead atoms. The number of ether oxygens (including phenoxy) is 3. The zero-order valence-corrected chi connectivity index (χ0v) is 16.0. The summed E-state index contributed by atoms with van der Waals surface area (Å²) in [5, 5.41) is 0.